The summed E-state index contributed by atoms with van der Waals surface area (Å²) < 4.78 is 21.1. The second-order valence-corrected chi connectivity index (χ2v) is 11.3. The molecule has 224 valence electrons. The van der Waals surface area contributed by atoms with Crippen molar-refractivity contribution in [1.29, 1.82) is 0 Å². The fourth-order valence-corrected chi connectivity index (χ4v) is 5.88. The first kappa shape index (κ1) is 27.9. The normalized spacial score (nSPS) is 16.7. The van der Waals surface area contributed by atoms with Crippen molar-refractivity contribution in [3.05, 3.63) is 46.9 Å². The van der Waals surface area contributed by atoms with Gasteiger partial charge in [0.05, 0.1) is 52.7 Å². The molecule has 0 radical (unpaired) electrons. The van der Waals surface area contributed by atoms with Crippen molar-refractivity contribution in [3.8, 4) is 5.88 Å². The molecule has 0 unspecified atom stereocenters. The molecular weight excluding hydrogens is 572 g/mol. The first-order chi connectivity index (χ1) is 21.0. The summed E-state index contributed by atoms with van der Waals surface area (Å²) in [5.74, 6) is 1.02. The average molecular weight is 605 g/mol. The lowest BCUT2D eigenvalue weighted by Gasteiger charge is -2.22. The fourth-order valence-electron chi connectivity index (χ4n) is 5.75. The van der Waals surface area contributed by atoms with Crippen molar-refractivity contribution in [2.75, 3.05) is 38.4 Å². The van der Waals surface area contributed by atoms with Crippen LogP contribution in [-0.2, 0) is 15.9 Å². The molecular formula is C29H33ClN10O3. The zero-order valence-electron chi connectivity index (χ0n) is 24.2. The minimum atomic E-state index is 0.210. The number of halogens is 1. The smallest absolute Gasteiger partial charge is 0.229 e. The number of anilines is 2. The van der Waals surface area contributed by atoms with Gasteiger partial charge < -0.3 is 19.5 Å². The van der Waals surface area contributed by atoms with Gasteiger partial charge in [0.25, 0.3) is 0 Å². The summed E-state index contributed by atoms with van der Waals surface area (Å²) in [6.45, 7) is 7.28. The average Bonchev–Trinajstić information content (AvgIpc) is 3.56. The minimum Gasteiger partial charge on any atom is -0.477 e. The third-order valence-electron chi connectivity index (χ3n) is 8.12. The lowest BCUT2D eigenvalue weighted by atomic mass is 10.1. The Balaban J connectivity index is 1.04. The van der Waals surface area contributed by atoms with E-state index < -0.39 is 0 Å². The molecule has 7 heterocycles. The van der Waals surface area contributed by atoms with Crippen molar-refractivity contribution in [2.45, 2.75) is 58.0 Å². The summed E-state index contributed by atoms with van der Waals surface area (Å²) in [4.78, 5) is 22.6. The molecule has 0 amide bonds. The molecule has 5 aromatic rings. The van der Waals surface area contributed by atoms with E-state index in [9.17, 15) is 0 Å². The number of aromatic nitrogens is 9. The molecule has 1 N–H and O–H groups in total. The van der Waals surface area contributed by atoms with Gasteiger partial charge in [0, 0.05) is 51.3 Å². The van der Waals surface area contributed by atoms with Crippen molar-refractivity contribution in [2.24, 2.45) is 0 Å². The quantitative estimate of drug-likeness (QED) is 0.246. The van der Waals surface area contributed by atoms with Crippen molar-refractivity contribution >= 4 is 45.3 Å². The van der Waals surface area contributed by atoms with Crippen molar-refractivity contribution in [3.63, 3.8) is 0 Å². The third-order valence-corrected chi connectivity index (χ3v) is 8.31. The minimum absolute atomic E-state index is 0.210. The number of pyridine rings is 1. The molecule has 0 atom stereocenters. The summed E-state index contributed by atoms with van der Waals surface area (Å²) >= 11 is 6.13. The highest BCUT2D eigenvalue weighted by Gasteiger charge is 2.23. The molecule has 2 saturated heterocycles. The van der Waals surface area contributed by atoms with Crippen molar-refractivity contribution < 1.29 is 14.2 Å². The van der Waals surface area contributed by atoms with Gasteiger partial charge in [-0.3, -0.25) is 0 Å². The van der Waals surface area contributed by atoms with Gasteiger partial charge in [-0.2, -0.15) is 20.2 Å². The third kappa shape index (κ3) is 5.71. The summed E-state index contributed by atoms with van der Waals surface area (Å²) in [5.41, 5.74) is 5.13. The fraction of sp³-hybridized carbons (Fsp3) is 0.483. The van der Waals surface area contributed by atoms with Gasteiger partial charge >= 0.3 is 0 Å². The van der Waals surface area contributed by atoms with Gasteiger partial charge in [0.15, 0.2) is 11.3 Å². The summed E-state index contributed by atoms with van der Waals surface area (Å²) in [7, 11) is 0. The van der Waals surface area contributed by atoms with Gasteiger partial charge in [0.2, 0.25) is 17.1 Å². The SMILES string of the molecule is Cc1cc(OCCc2nn(C3CCOCC3)c3nc(Cl)ncc23)ncc1Nc1ncc2c(C)nn(C3CCOCC3)c2n1. The van der Waals surface area contributed by atoms with Gasteiger partial charge in [-0.1, -0.05) is 0 Å². The topological polar surface area (TPSA) is 140 Å². The maximum Gasteiger partial charge on any atom is 0.229 e. The van der Waals surface area contributed by atoms with E-state index in [1.165, 1.54) is 0 Å². The Morgan fingerprint density at radius 3 is 2.26 bits per heavy atom. The first-order valence-corrected chi connectivity index (χ1v) is 15.0. The van der Waals surface area contributed by atoms with E-state index in [2.05, 4.69) is 25.3 Å². The van der Waals surface area contributed by atoms with E-state index in [0.29, 0.717) is 38.1 Å². The van der Waals surface area contributed by atoms with Gasteiger partial charge in [-0.05, 0) is 56.7 Å². The molecule has 0 bridgehead atoms. The Bertz CT molecular complexity index is 1760. The van der Waals surface area contributed by atoms with E-state index in [-0.39, 0.29) is 17.4 Å². The molecule has 13 nitrogen and oxygen atoms in total. The number of nitrogens with one attached hydrogen (secondary N) is 1. The Hall–Kier alpha value is -3.94. The molecule has 7 rings (SSSR count). The largest absolute Gasteiger partial charge is 0.477 e. The molecule has 0 saturated carbocycles. The highest BCUT2D eigenvalue weighted by Crippen LogP contribution is 2.29. The second kappa shape index (κ2) is 12.0. The lowest BCUT2D eigenvalue weighted by molar-refractivity contribution is 0.0671. The van der Waals surface area contributed by atoms with E-state index in [1.807, 2.05) is 35.5 Å². The summed E-state index contributed by atoms with van der Waals surface area (Å²) in [6, 6.07) is 2.39. The molecule has 14 heteroatoms. The number of hydrogen-bond donors (Lipinski definition) is 1. The Labute approximate surface area is 253 Å². The van der Waals surface area contributed by atoms with Crippen LogP contribution in [0, 0.1) is 13.8 Å². The summed E-state index contributed by atoms with van der Waals surface area (Å²) in [6.07, 6.45) is 9.49. The maximum atomic E-state index is 6.13. The van der Waals surface area contributed by atoms with Crippen LogP contribution < -0.4 is 10.1 Å². The monoisotopic (exact) mass is 604 g/mol. The van der Waals surface area contributed by atoms with Crippen LogP contribution in [0.5, 0.6) is 5.88 Å². The molecule has 2 aliphatic heterocycles. The molecule has 0 spiro atoms. The van der Waals surface area contributed by atoms with E-state index >= 15 is 0 Å². The van der Waals surface area contributed by atoms with Crippen LogP contribution in [0.3, 0.4) is 0 Å². The number of aryl methyl sites for hydroxylation is 2. The van der Waals surface area contributed by atoms with E-state index in [0.717, 1.165) is 83.6 Å². The van der Waals surface area contributed by atoms with Crippen LogP contribution in [-0.4, -0.2) is 77.5 Å². The Morgan fingerprint density at radius 1 is 0.860 bits per heavy atom. The standard InChI is InChI=1S/C29H33ClN10O3/c1-17-13-25(43-12-7-23-22-15-32-28(30)35-27(22)40(38-23)20-5-10-42-11-6-20)31-16-24(17)34-29-33-14-21-18(2)37-39(26(21)36-29)19-3-8-41-9-4-19/h13-16,19-20H,3-12H2,1-2H3,(H,33,34,36). The number of hydrogen-bond acceptors (Lipinski definition) is 11. The van der Waals surface area contributed by atoms with Gasteiger partial charge in [0.1, 0.15) is 0 Å². The number of ether oxygens (including phenoxy) is 3. The first-order valence-electron chi connectivity index (χ1n) is 14.7. The van der Waals surface area contributed by atoms with Crippen LogP contribution >= 0.6 is 11.6 Å². The Morgan fingerprint density at radius 2 is 1.53 bits per heavy atom. The van der Waals surface area contributed by atoms with Gasteiger partial charge in [-0.25, -0.2) is 24.3 Å². The maximum absolute atomic E-state index is 6.13. The van der Waals surface area contributed by atoms with Crippen LogP contribution in [0.4, 0.5) is 11.6 Å². The van der Waals surface area contributed by atoms with Crippen molar-refractivity contribution in [1.82, 2.24) is 44.5 Å². The molecule has 0 aromatic carbocycles. The predicted octanol–water partition coefficient (Wildman–Crippen LogP) is 4.70. The highest BCUT2D eigenvalue weighted by molar-refractivity contribution is 6.28. The number of nitrogens with zero attached hydrogens (tertiary/aromatic N) is 9. The predicted molar refractivity (Wildman–Crippen MR) is 160 cm³/mol. The highest BCUT2D eigenvalue weighted by atomic mass is 35.5. The van der Waals surface area contributed by atoms with Crippen LogP contribution in [0.25, 0.3) is 22.1 Å². The van der Waals surface area contributed by atoms with Crippen LogP contribution in [0.2, 0.25) is 5.28 Å². The van der Waals surface area contributed by atoms with E-state index in [4.69, 9.17) is 41.0 Å². The molecule has 43 heavy (non-hydrogen) atoms. The molecule has 2 fully saturated rings. The number of fused-ring (bicyclic) bond motifs is 2. The van der Waals surface area contributed by atoms with E-state index in [1.54, 1.807) is 12.4 Å². The second-order valence-electron chi connectivity index (χ2n) is 11.0. The van der Waals surface area contributed by atoms with Crippen LogP contribution in [0.15, 0.2) is 24.7 Å². The van der Waals surface area contributed by atoms with Crippen LogP contribution in [0.1, 0.15) is 54.7 Å². The lowest BCUT2D eigenvalue weighted by Crippen LogP contribution is -2.21. The Kier molecular flexibility index (Phi) is 7.76. The zero-order valence-corrected chi connectivity index (χ0v) is 24.9. The van der Waals surface area contributed by atoms with Gasteiger partial charge in [-0.15, -0.1) is 0 Å². The molecule has 5 aromatic heterocycles. The zero-order chi connectivity index (χ0) is 29.3. The number of rotatable bonds is 8. The molecule has 2 aliphatic rings. The summed E-state index contributed by atoms with van der Waals surface area (Å²) in [5, 5.41) is 15.0. The molecule has 0 aliphatic carbocycles.